The van der Waals surface area contributed by atoms with E-state index >= 15 is 0 Å². The van der Waals surface area contributed by atoms with Gasteiger partial charge in [0.25, 0.3) is 5.91 Å². The molecule has 2 rings (SSSR count). The fraction of sp³-hybridized carbons (Fsp3) is 0.364. The first-order chi connectivity index (χ1) is 13.3. The van der Waals surface area contributed by atoms with Crippen LogP contribution in [0.5, 0.6) is 5.75 Å². The Hall–Kier alpha value is -2.34. The quantitative estimate of drug-likeness (QED) is 0.666. The van der Waals surface area contributed by atoms with Gasteiger partial charge in [0.15, 0.2) is 6.61 Å². The molecule has 2 aromatic carbocycles. The Labute approximate surface area is 175 Å². The molecule has 0 aliphatic rings. The lowest BCUT2D eigenvalue weighted by Crippen LogP contribution is -2.49. The molecule has 1 N–H and O–H groups in total. The van der Waals surface area contributed by atoms with E-state index in [-0.39, 0.29) is 18.4 Å². The van der Waals surface area contributed by atoms with Crippen molar-refractivity contribution in [2.24, 2.45) is 0 Å². The van der Waals surface area contributed by atoms with Crippen molar-refractivity contribution in [2.75, 3.05) is 13.2 Å². The summed E-state index contributed by atoms with van der Waals surface area (Å²) in [6.07, 6.45) is 0. The molecule has 0 fully saturated rings. The van der Waals surface area contributed by atoms with Crippen molar-refractivity contribution < 1.29 is 14.3 Å². The van der Waals surface area contributed by atoms with Gasteiger partial charge in [-0.05, 0) is 62.6 Å². The lowest BCUT2D eigenvalue weighted by molar-refractivity contribution is -0.142. The van der Waals surface area contributed by atoms with E-state index in [4.69, 9.17) is 4.74 Å². The van der Waals surface area contributed by atoms with Crippen LogP contribution in [0.4, 0.5) is 0 Å². The second-order valence-electron chi connectivity index (χ2n) is 6.78. The highest BCUT2D eigenvalue weighted by Crippen LogP contribution is 2.20. The Morgan fingerprint density at radius 3 is 2.46 bits per heavy atom. The number of rotatable bonds is 8. The number of carbonyl (C=O) groups excluding carboxylic acids is 2. The highest BCUT2D eigenvalue weighted by molar-refractivity contribution is 9.10. The summed E-state index contributed by atoms with van der Waals surface area (Å²) in [4.78, 5) is 26.9. The van der Waals surface area contributed by atoms with Crippen LogP contribution in [0.3, 0.4) is 0 Å². The van der Waals surface area contributed by atoms with Gasteiger partial charge in [-0.2, -0.15) is 0 Å². The number of hydrogen-bond acceptors (Lipinski definition) is 3. The summed E-state index contributed by atoms with van der Waals surface area (Å²) in [6, 6.07) is 13.0. The Morgan fingerprint density at radius 1 is 1.14 bits per heavy atom. The highest BCUT2D eigenvalue weighted by atomic mass is 79.9. The molecule has 5 nitrogen and oxygen atoms in total. The van der Waals surface area contributed by atoms with Crippen LogP contribution in [0.15, 0.2) is 46.9 Å². The average Bonchev–Trinajstić information content (AvgIpc) is 2.67. The number of hydrogen-bond donors (Lipinski definition) is 1. The van der Waals surface area contributed by atoms with E-state index in [0.29, 0.717) is 18.8 Å². The Bertz CT molecular complexity index is 821. The molecule has 2 amide bonds. The minimum Gasteiger partial charge on any atom is -0.483 e. The molecule has 0 heterocycles. The molecule has 0 radical (unpaired) electrons. The minimum atomic E-state index is -0.599. The number of aryl methyl sites for hydroxylation is 2. The van der Waals surface area contributed by atoms with E-state index in [2.05, 4.69) is 21.2 Å². The topological polar surface area (TPSA) is 58.6 Å². The van der Waals surface area contributed by atoms with E-state index in [1.54, 1.807) is 11.8 Å². The maximum Gasteiger partial charge on any atom is 0.261 e. The molecule has 0 spiro atoms. The van der Waals surface area contributed by atoms with Gasteiger partial charge in [0.2, 0.25) is 5.91 Å². The molecule has 150 valence electrons. The van der Waals surface area contributed by atoms with Gasteiger partial charge < -0.3 is 15.0 Å². The number of ether oxygens (including phenoxy) is 1. The van der Waals surface area contributed by atoms with Gasteiger partial charge in [-0.15, -0.1) is 0 Å². The van der Waals surface area contributed by atoms with Crippen LogP contribution in [0.1, 0.15) is 30.5 Å². The monoisotopic (exact) mass is 446 g/mol. The first-order valence-electron chi connectivity index (χ1n) is 9.33. The molecular formula is C22H27BrN2O3. The summed E-state index contributed by atoms with van der Waals surface area (Å²) in [5.74, 6) is 0.268. The molecule has 0 saturated heterocycles. The summed E-state index contributed by atoms with van der Waals surface area (Å²) >= 11 is 3.41. The van der Waals surface area contributed by atoms with Crippen molar-refractivity contribution in [1.29, 1.82) is 0 Å². The third-order valence-electron chi connectivity index (χ3n) is 4.48. The molecule has 0 aliphatic carbocycles. The van der Waals surface area contributed by atoms with Crippen molar-refractivity contribution in [1.82, 2.24) is 10.2 Å². The molecule has 0 bridgehead atoms. The lowest BCUT2D eigenvalue weighted by atomic mass is 10.1. The smallest absolute Gasteiger partial charge is 0.261 e. The predicted octanol–water partition coefficient (Wildman–Crippen LogP) is 4.00. The second kappa shape index (κ2) is 10.3. The van der Waals surface area contributed by atoms with Gasteiger partial charge in [0.05, 0.1) is 0 Å². The minimum absolute atomic E-state index is 0.120. The third kappa shape index (κ3) is 6.09. The number of benzene rings is 2. The van der Waals surface area contributed by atoms with Crippen molar-refractivity contribution >= 4 is 27.7 Å². The van der Waals surface area contributed by atoms with E-state index in [1.807, 2.05) is 63.2 Å². The van der Waals surface area contributed by atoms with E-state index in [9.17, 15) is 9.59 Å². The Balaban J connectivity index is 2.16. The molecule has 0 aromatic heterocycles. The lowest BCUT2D eigenvalue weighted by Gasteiger charge is -2.28. The normalized spacial score (nSPS) is 11.6. The van der Waals surface area contributed by atoms with E-state index < -0.39 is 6.04 Å². The number of carbonyl (C=O) groups is 2. The molecule has 0 aliphatic heterocycles. The van der Waals surface area contributed by atoms with E-state index in [0.717, 1.165) is 21.2 Å². The molecule has 0 unspecified atom stereocenters. The van der Waals surface area contributed by atoms with E-state index in [1.165, 1.54) is 0 Å². The van der Waals surface area contributed by atoms with Gasteiger partial charge in [-0.3, -0.25) is 9.59 Å². The standard InChI is InChI=1S/C22H27BrN2O3/c1-5-24-22(27)17(4)25(13-18-8-10-19(23)11-9-18)21(26)14-28-20-12-15(2)6-7-16(20)3/h6-12,17H,5,13-14H2,1-4H3,(H,24,27)/t17-/m0/s1. The number of halogens is 1. The molecule has 2 aromatic rings. The first kappa shape index (κ1) is 22.0. The fourth-order valence-electron chi connectivity index (χ4n) is 2.78. The van der Waals surface area contributed by atoms with Crippen molar-refractivity contribution in [3.05, 3.63) is 63.6 Å². The third-order valence-corrected chi connectivity index (χ3v) is 5.01. The summed E-state index contributed by atoms with van der Waals surface area (Å²) in [5.41, 5.74) is 2.98. The molecule has 1 atom stereocenters. The van der Waals surface area contributed by atoms with Crippen molar-refractivity contribution in [2.45, 2.75) is 40.3 Å². The van der Waals surface area contributed by atoms with Crippen molar-refractivity contribution in [3.63, 3.8) is 0 Å². The molecular weight excluding hydrogens is 420 g/mol. The van der Waals surface area contributed by atoms with Crippen LogP contribution in [0, 0.1) is 13.8 Å². The zero-order valence-corrected chi connectivity index (χ0v) is 18.4. The van der Waals surface area contributed by atoms with Crippen LogP contribution in [0.25, 0.3) is 0 Å². The summed E-state index contributed by atoms with van der Waals surface area (Å²) in [7, 11) is 0. The van der Waals surface area contributed by atoms with Gasteiger partial charge in [-0.1, -0.05) is 40.2 Å². The molecule has 0 saturated carbocycles. The average molecular weight is 447 g/mol. The van der Waals surface area contributed by atoms with Crippen LogP contribution >= 0.6 is 15.9 Å². The zero-order valence-electron chi connectivity index (χ0n) is 16.8. The Kier molecular flexibility index (Phi) is 8.05. The van der Waals surface area contributed by atoms with Crippen LogP contribution in [0.2, 0.25) is 0 Å². The summed E-state index contributed by atoms with van der Waals surface area (Å²) < 4.78 is 6.74. The summed E-state index contributed by atoms with van der Waals surface area (Å²) in [6.45, 7) is 8.24. The number of amides is 2. The predicted molar refractivity (Wildman–Crippen MR) is 114 cm³/mol. The maximum atomic E-state index is 12.9. The van der Waals surface area contributed by atoms with Crippen LogP contribution < -0.4 is 10.1 Å². The summed E-state index contributed by atoms with van der Waals surface area (Å²) in [5, 5.41) is 2.78. The molecule has 28 heavy (non-hydrogen) atoms. The van der Waals surface area contributed by atoms with Gasteiger partial charge >= 0.3 is 0 Å². The molecule has 6 heteroatoms. The Morgan fingerprint density at radius 2 is 1.82 bits per heavy atom. The largest absolute Gasteiger partial charge is 0.483 e. The zero-order chi connectivity index (χ0) is 20.7. The van der Waals surface area contributed by atoms with Gasteiger partial charge in [0, 0.05) is 17.6 Å². The SMILES string of the molecule is CCNC(=O)[C@H](C)N(Cc1ccc(Br)cc1)C(=O)COc1cc(C)ccc1C. The highest BCUT2D eigenvalue weighted by Gasteiger charge is 2.26. The fourth-order valence-corrected chi connectivity index (χ4v) is 3.04. The first-order valence-corrected chi connectivity index (χ1v) is 10.1. The second-order valence-corrected chi connectivity index (χ2v) is 7.69. The van der Waals surface area contributed by atoms with Gasteiger partial charge in [-0.25, -0.2) is 0 Å². The maximum absolute atomic E-state index is 12.9. The number of nitrogens with zero attached hydrogens (tertiary/aromatic N) is 1. The van der Waals surface area contributed by atoms with Crippen LogP contribution in [-0.4, -0.2) is 35.9 Å². The van der Waals surface area contributed by atoms with Gasteiger partial charge in [0.1, 0.15) is 11.8 Å². The number of likely N-dealkylation sites (N-methyl/N-ethyl adjacent to an activating group) is 1. The van der Waals surface area contributed by atoms with Crippen molar-refractivity contribution in [3.8, 4) is 5.75 Å². The number of nitrogens with one attached hydrogen (secondary N) is 1. The van der Waals surface area contributed by atoms with Crippen LogP contribution in [-0.2, 0) is 16.1 Å².